The van der Waals surface area contributed by atoms with Gasteiger partial charge < -0.3 is 4.74 Å². The molecule has 65 heavy (non-hydrogen) atoms. The lowest BCUT2D eigenvalue weighted by Crippen LogP contribution is -2.31. The molecule has 0 amide bonds. The molecular formula is C60H48N4O. The van der Waals surface area contributed by atoms with E-state index in [4.69, 9.17) is 23.4 Å². The molecule has 0 saturated heterocycles. The standard InChI is InChI=1S/C60H48N4O/c1-41(60(2,3)4)45-34-35-61-58(37-45)64-54-29-15-14-26-52(54)53-32-31-49(39-56(53)64)65-48-25-16-24-47(38-48)62-40-63(55-33-30-46(36-57(55)62)42-18-8-5-9-19-42)59-50(43-20-10-6-11-21-43)27-17-28-51(59)44-22-12-7-13-23-44/h5-39,41H,1-4H3/i6D,7D,10D,11D,12D,13D,20D,21D,22D,23D,41D. The van der Waals surface area contributed by atoms with Crippen LogP contribution < -0.4 is 9.30 Å². The highest BCUT2D eigenvalue weighted by Gasteiger charge is 2.24. The summed E-state index contributed by atoms with van der Waals surface area (Å²) in [7, 11) is 0. The Labute approximate surface area is 395 Å². The molecule has 5 nitrogen and oxygen atoms in total. The number of hydrogen-bond acceptors (Lipinski definition) is 2. The average Bonchev–Trinajstić information content (AvgIpc) is 4.07. The average molecular weight is 852 g/mol. The van der Waals surface area contributed by atoms with Crippen molar-refractivity contribution in [1.82, 2.24) is 14.1 Å². The molecule has 0 aliphatic heterocycles. The fourth-order valence-corrected chi connectivity index (χ4v) is 8.52. The molecule has 1 atom stereocenters. The van der Waals surface area contributed by atoms with Gasteiger partial charge in [0, 0.05) is 24.4 Å². The van der Waals surface area contributed by atoms with E-state index in [1.165, 1.54) is 0 Å². The van der Waals surface area contributed by atoms with Gasteiger partial charge >= 0.3 is 0 Å². The van der Waals surface area contributed by atoms with Crippen LogP contribution in [-0.2, 0) is 0 Å². The van der Waals surface area contributed by atoms with Gasteiger partial charge in [0.05, 0.1) is 47.1 Å². The Balaban J connectivity index is 1.12. The van der Waals surface area contributed by atoms with Gasteiger partial charge in [0.1, 0.15) is 17.3 Å². The summed E-state index contributed by atoms with van der Waals surface area (Å²) < 4.78 is 110. The molecule has 11 rings (SSSR count). The van der Waals surface area contributed by atoms with Crippen LogP contribution in [0.4, 0.5) is 0 Å². The van der Waals surface area contributed by atoms with E-state index >= 15 is 0 Å². The summed E-state index contributed by atoms with van der Waals surface area (Å²) in [6, 6.07) is 40.5. The summed E-state index contributed by atoms with van der Waals surface area (Å²) in [5.74, 6) is 0.791. The molecule has 0 aliphatic rings. The lowest BCUT2D eigenvalue weighted by molar-refractivity contribution is -0.571. The Morgan fingerprint density at radius 2 is 1.28 bits per heavy atom. The van der Waals surface area contributed by atoms with E-state index in [0.717, 1.165) is 38.5 Å². The molecule has 0 saturated carbocycles. The van der Waals surface area contributed by atoms with Gasteiger partial charge in [-0.15, -0.1) is 0 Å². The summed E-state index contributed by atoms with van der Waals surface area (Å²) in [6.07, 6.45) is 5.27. The second-order valence-corrected chi connectivity index (χ2v) is 17.0. The van der Waals surface area contributed by atoms with E-state index in [1.807, 2.05) is 127 Å². The van der Waals surface area contributed by atoms with E-state index in [2.05, 4.69) is 43.8 Å². The van der Waals surface area contributed by atoms with Crippen molar-refractivity contribution in [3.05, 3.63) is 224 Å². The van der Waals surface area contributed by atoms with Gasteiger partial charge in [-0.25, -0.2) is 4.98 Å². The minimum atomic E-state index is -0.909. The first-order valence-corrected chi connectivity index (χ1v) is 21.4. The van der Waals surface area contributed by atoms with Crippen LogP contribution >= 0.6 is 0 Å². The Bertz CT molecular complexity index is 4040. The van der Waals surface area contributed by atoms with Crippen LogP contribution in [0.3, 0.4) is 0 Å². The van der Waals surface area contributed by atoms with Crippen molar-refractivity contribution < 1.29 is 24.4 Å². The van der Waals surface area contributed by atoms with Gasteiger partial charge in [0.15, 0.2) is 0 Å². The Morgan fingerprint density at radius 3 is 2.02 bits per heavy atom. The van der Waals surface area contributed by atoms with E-state index in [0.29, 0.717) is 34.0 Å². The number of para-hydroxylation sites is 2. The normalized spacial score (nSPS) is 15.1. The maximum atomic E-state index is 9.38. The van der Waals surface area contributed by atoms with E-state index < -0.39 is 66.3 Å². The molecule has 0 spiro atoms. The number of aromatic nitrogens is 4. The molecular weight excluding hydrogens is 793 g/mol. The van der Waals surface area contributed by atoms with Crippen LogP contribution in [0.15, 0.2) is 212 Å². The summed E-state index contributed by atoms with van der Waals surface area (Å²) in [4.78, 5) is 4.84. The number of nitrogens with zero attached hydrogens (tertiary/aromatic N) is 4. The number of fused-ring (bicyclic) bond motifs is 4. The highest BCUT2D eigenvalue weighted by atomic mass is 16.5. The van der Waals surface area contributed by atoms with Crippen molar-refractivity contribution in [3.63, 3.8) is 0 Å². The maximum absolute atomic E-state index is 9.38. The van der Waals surface area contributed by atoms with Crippen LogP contribution in [0.1, 0.15) is 54.2 Å². The smallest absolute Gasteiger partial charge is 0.269 e. The van der Waals surface area contributed by atoms with Crippen LogP contribution in [0.2, 0.25) is 0 Å². The van der Waals surface area contributed by atoms with Crippen molar-refractivity contribution in [3.8, 4) is 62.1 Å². The molecule has 0 N–H and O–H groups in total. The molecule has 8 aromatic carbocycles. The van der Waals surface area contributed by atoms with Gasteiger partial charge in [-0.2, -0.15) is 0 Å². The number of benzene rings is 8. The fourth-order valence-electron chi connectivity index (χ4n) is 8.52. The molecule has 3 aromatic heterocycles. The highest BCUT2D eigenvalue weighted by Crippen LogP contribution is 2.39. The Hall–Kier alpha value is -8.02. The van der Waals surface area contributed by atoms with E-state index in [1.54, 1.807) is 29.0 Å². The van der Waals surface area contributed by atoms with Crippen molar-refractivity contribution in [2.24, 2.45) is 5.41 Å². The molecule has 0 bridgehead atoms. The molecule has 5 heteroatoms. The fraction of sp³-hybridized carbons (Fsp3) is 0.100. The van der Waals surface area contributed by atoms with Gasteiger partial charge in [-0.05, 0) is 105 Å². The Morgan fingerprint density at radius 1 is 0.600 bits per heavy atom. The van der Waals surface area contributed by atoms with Crippen LogP contribution in [-0.4, -0.2) is 14.1 Å². The number of ether oxygens (including phenoxy) is 1. The van der Waals surface area contributed by atoms with Crippen LogP contribution in [0, 0.1) is 11.7 Å². The lowest BCUT2D eigenvalue weighted by atomic mass is 9.78. The van der Waals surface area contributed by atoms with Crippen molar-refractivity contribution in [1.29, 1.82) is 0 Å². The molecule has 0 aliphatic carbocycles. The third kappa shape index (κ3) is 7.35. The van der Waals surface area contributed by atoms with Gasteiger partial charge in [-0.1, -0.05) is 173 Å². The SMILES string of the molecule is [2H]c1c([2H])c([2H])c(-c2cccc(-c3c([2H])c([2H])c([2H])c([2H])c3[2H])c2-[n+]2[c-]n(-c3cccc(Oc4ccc5c6ccccc6n(-c6cc(C([2H])(C)C(C)(C)C)ccn6)c5c4)c3)c3cc(-c4ccccc4)ccc32)c([2H])c1[2H]. The molecule has 0 radical (unpaired) electrons. The summed E-state index contributed by atoms with van der Waals surface area (Å²) in [6.45, 7) is 8.12. The lowest BCUT2D eigenvalue weighted by Gasteiger charge is -2.27. The molecule has 11 aromatic rings. The third-order valence-electron chi connectivity index (χ3n) is 12.1. The first kappa shape index (κ1) is 29.4. The maximum Gasteiger partial charge on any atom is 0.269 e. The van der Waals surface area contributed by atoms with Crippen molar-refractivity contribution in [2.75, 3.05) is 0 Å². The second-order valence-electron chi connectivity index (χ2n) is 17.0. The number of imidazole rings is 1. The summed E-state index contributed by atoms with van der Waals surface area (Å²) in [5.41, 5.74) is 5.99. The van der Waals surface area contributed by atoms with Crippen molar-refractivity contribution >= 4 is 32.8 Å². The molecule has 3 heterocycles. The van der Waals surface area contributed by atoms with Gasteiger partial charge in [-0.3, -0.25) is 13.7 Å². The predicted molar refractivity (Wildman–Crippen MR) is 266 cm³/mol. The van der Waals surface area contributed by atoms with E-state index in [-0.39, 0.29) is 33.4 Å². The summed E-state index contributed by atoms with van der Waals surface area (Å²) >= 11 is 0. The zero-order valence-corrected chi connectivity index (χ0v) is 36.1. The largest absolute Gasteiger partial charge is 0.458 e. The molecule has 314 valence electrons. The summed E-state index contributed by atoms with van der Waals surface area (Å²) in [5, 5.41) is 2.02. The van der Waals surface area contributed by atoms with Crippen LogP contribution in [0.5, 0.6) is 11.5 Å². The number of pyridine rings is 1. The third-order valence-corrected chi connectivity index (χ3v) is 12.1. The highest BCUT2D eigenvalue weighted by molar-refractivity contribution is 6.09. The quantitative estimate of drug-likeness (QED) is 0.107. The Kier molecular flexibility index (Phi) is 7.35. The zero-order chi connectivity index (χ0) is 53.7. The van der Waals surface area contributed by atoms with Gasteiger partial charge in [0.25, 0.3) is 6.33 Å². The molecule has 0 fully saturated rings. The number of rotatable bonds is 9. The number of hydrogen-bond donors (Lipinski definition) is 0. The molecule has 1 unspecified atom stereocenters. The van der Waals surface area contributed by atoms with Gasteiger partial charge in [0.2, 0.25) is 0 Å². The minimum absolute atomic E-state index is 0.142. The second kappa shape index (κ2) is 16.3. The first-order valence-electron chi connectivity index (χ1n) is 26.9. The van der Waals surface area contributed by atoms with Crippen molar-refractivity contribution in [2.45, 2.75) is 33.6 Å². The minimum Gasteiger partial charge on any atom is -0.458 e. The monoisotopic (exact) mass is 851 g/mol. The topological polar surface area (TPSA) is 35.9 Å². The first-order chi connectivity index (χ1) is 36.3. The zero-order valence-electron chi connectivity index (χ0n) is 47.1. The van der Waals surface area contributed by atoms with Crippen LogP contribution in [0.25, 0.3) is 83.4 Å². The van der Waals surface area contributed by atoms with E-state index in [9.17, 15) is 1.37 Å². The predicted octanol–water partition coefficient (Wildman–Crippen LogP) is 15.1.